The molecule has 0 N–H and O–H groups in total. The molecule has 1 fully saturated rings. The molecule has 1 atom stereocenters. The summed E-state index contributed by atoms with van der Waals surface area (Å²) in [6, 6.07) is 11.6. The van der Waals surface area contributed by atoms with Crippen LogP contribution in [0.25, 0.3) is 0 Å². The molecule has 1 heterocycles. The number of aromatic nitrogens is 2. The molecule has 0 saturated heterocycles. The Labute approximate surface area is 146 Å². The number of benzene rings is 1. The van der Waals surface area contributed by atoms with E-state index in [1.54, 1.807) is 0 Å². The van der Waals surface area contributed by atoms with Gasteiger partial charge in [0.1, 0.15) is 0 Å². The van der Waals surface area contributed by atoms with Gasteiger partial charge in [-0.3, -0.25) is 4.90 Å². The van der Waals surface area contributed by atoms with Gasteiger partial charge >= 0.3 is 0 Å². The van der Waals surface area contributed by atoms with E-state index in [4.69, 9.17) is 0 Å². The van der Waals surface area contributed by atoms with Crippen molar-refractivity contribution in [3.05, 3.63) is 54.1 Å². The third-order valence-electron chi connectivity index (χ3n) is 5.59. The summed E-state index contributed by atoms with van der Waals surface area (Å²) in [5, 5.41) is 0. The molecule has 1 aliphatic rings. The van der Waals surface area contributed by atoms with Crippen molar-refractivity contribution in [1.29, 1.82) is 0 Å². The van der Waals surface area contributed by atoms with Gasteiger partial charge in [-0.05, 0) is 24.4 Å². The van der Waals surface area contributed by atoms with Gasteiger partial charge in [0.15, 0.2) is 0 Å². The van der Waals surface area contributed by atoms with Crippen LogP contribution in [-0.4, -0.2) is 21.0 Å². The molecule has 0 spiro atoms. The molecular formula is C21H31N3. The summed E-state index contributed by atoms with van der Waals surface area (Å²) in [6.45, 7) is 4.32. The van der Waals surface area contributed by atoms with Crippen molar-refractivity contribution in [1.82, 2.24) is 14.5 Å². The average Bonchev–Trinajstić information content (AvgIpc) is 3.04. The number of nitrogens with zero attached hydrogens (tertiary/aromatic N) is 3. The fraction of sp³-hybridized carbons (Fsp3) is 0.571. The minimum absolute atomic E-state index is 0.509. The summed E-state index contributed by atoms with van der Waals surface area (Å²) < 4.78 is 2.14. The Morgan fingerprint density at radius 3 is 2.54 bits per heavy atom. The molecule has 1 unspecified atom stereocenters. The molecule has 1 aromatic carbocycles. The minimum atomic E-state index is 0.509. The molecule has 1 aromatic heterocycles. The highest BCUT2D eigenvalue weighted by Crippen LogP contribution is 2.35. The lowest BCUT2D eigenvalue weighted by Crippen LogP contribution is -2.31. The summed E-state index contributed by atoms with van der Waals surface area (Å²) in [6.07, 6.45) is 12.3. The van der Waals surface area contributed by atoms with Gasteiger partial charge in [-0.15, -0.1) is 0 Å². The van der Waals surface area contributed by atoms with E-state index in [1.165, 1.54) is 49.8 Å². The molecular weight excluding hydrogens is 294 g/mol. The Morgan fingerprint density at radius 1 is 1.17 bits per heavy atom. The summed E-state index contributed by atoms with van der Waals surface area (Å²) in [7, 11) is 2.09. The van der Waals surface area contributed by atoms with E-state index in [0.717, 1.165) is 19.0 Å². The highest BCUT2D eigenvalue weighted by molar-refractivity contribution is 5.19. The normalized spacial score (nSPS) is 17.3. The predicted molar refractivity (Wildman–Crippen MR) is 99.7 cm³/mol. The van der Waals surface area contributed by atoms with Gasteiger partial charge in [-0.25, -0.2) is 4.98 Å². The Bertz CT molecular complexity index is 599. The maximum atomic E-state index is 4.29. The second-order valence-electron chi connectivity index (χ2n) is 7.23. The van der Waals surface area contributed by atoms with Crippen LogP contribution in [0.5, 0.6) is 0 Å². The molecule has 1 aliphatic carbocycles. The van der Waals surface area contributed by atoms with Crippen LogP contribution in [0.2, 0.25) is 0 Å². The maximum Gasteiger partial charge on any atom is 0.0945 e. The first-order chi connectivity index (χ1) is 11.8. The molecule has 3 nitrogen and oxygen atoms in total. The third-order valence-corrected chi connectivity index (χ3v) is 5.59. The molecule has 24 heavy (non-hydrogen) atoms. The highest BCUT2D eigenvalue weighted by Gasteiger charge is 2.25. The molecule has 3 rings (SSSR count). The van der Waals surface area contributed by atoms with Gasteiger partial charge in [0.25, 0.3) is 0 Å². The van der Waals surface area contributed by atoms with E-state index in [0.29, 0.717) is 6.04 Å². The van der Waals surface area contributed by atoms with Crippen molar-refractivity contribution in [2.75, 3.05) is 6.54 Å². The second kappa shape index (κ2) is 8.48. The van der Waals surface area contributed by atoms with Crippen LogP contribution in [0.15, 0.2) is 42.9 Å². The molecule has 0 radical (unpaired) electrons. The number of hydrogen-bond donors (Lipinski definition) is 0. The third kappa shape index (κ3) is 4.27. The minimum Gasteiger partial charge on any atom is -0.337 e. The topological polar surface area (TPSA) is 21.1 Å². The first-order valence-electron chi connectivity index (χ1n) is 9.52. The Morgan fingerprint density at radius 2 is 1.92 bits per heavy atom. The van der Waals surface area contributed by atoms with E-state index < -0.39 is 0 Å². The first kappa shape index (κ1) is 17.2. The summed E-state index contributed by atoms with van der Waals surface area (Å²) in [5.41, 5.74) is 2.76. The first-order valence-corrected chi connectivity index (χ1v) is 9.52. The van der Waals surface area contributed by atoms with E-state index in [2.05, 4.69) is 58.8 Å². The molecule has 2 aromatic rings. The monoisotopic (exact) mass is 325 g/mol. The number of hydrogen-bond acceptors (Lipinski definition) is 2. The summed E-state index contributed by atoms with van der Waals surface area (Å²) >= 11 is 0. The highest BCUT2D eigenvalue weighted by atomic mass is 15.2. The number of aryl methyl sites for hydroxylation is 1. The van der Waals surface area contributed by atoms with E-state index >= 15 is 0 Å². The second-order valence-corrected chi connectivity index (χ2v) is 7.23. The number of imidazole rings is 1. The summed E-state index contributed by atoms with van der Waals surface area (Å²) in [5.74, 6) is 0.879. The lowest BCUT2D eigenvalue weighted by atomic mass is 9.83. The maximum absolute atomic E-state index is 4.29. The Balaban J connectivity index is 1.79. The van der Waals surface area contributed by atoms with Crippen LogP contribution < -0.4 is 0 Å². The fourth-order valence-corrected chi connectivity index (χ4v) is 4.10. The lowest BCUT2D eigenvalue weighted by molar-refractivity contribution is 0.152. The van der Waals surface area contributed by atoms with Crippen LogP contribution in [0.3, 0.4) is 0 Å². The van der Waals surface area contributed by atoms with Gasteiger partial charge in [0, 0.05) is 25.8 Å². The van der Waals surface area contributed by atoms with Gasteiger partial charge in [0.05, 0.1) is 12.0 Å². The van der Waals surface area contributed by atoms with E-state index in [1.807, 2.05) is 12.5 Å². The van der Waals surface area contributed by atoms with Gasteiger partial charge in [0.2, 0.25) is 0 Å². The number of rotatable bonds is 7. The fourth-order valence-electron chi connectivity index (χ4n) is 4.10. The van der Waals surface area contributed by atoms with Crippen LogP contribution in [0.4, 0.5) is 0 Å². The molecule has 3 heteroatoms. The largest absolute Gasteiger partial charge is 0.337 e. The van der Waals surface area contributed by atoms with E-state index in [9.17, 15) is 0 Å². The van der Waals surface area contributed by atoms with Gasteiger partial charge in [-0.2, -0.15) is 0 Å². The van der Waals surface area contributed by atoms with Crippen molar-refractivity contribution in [3.63, 3.8) is 0 Å². The van der Waals surface area contributed by atoms with Crippen LogP contribution in [-0.2, 0) is 13.6 Å². The van der Waals surface area contributed by atoms with Crippen molar-refractivity contribution in [2.45, 2.75) is 58.0 Å². The molecule has 1 saturated carbocycles. The lowest BCUT2D eigenvalue weighted by Gasteiger charge is -2.35. The van der Waals surface area contributed by atoms with E-state index in [-0.39, 0.29) is 0 Å². The molecule has 0 aliphatic heterocycles. The van der Waals surface area contributed by atoms with Crippen molar-refractivity contribution >= 4 is 0 Å². The summed E-state index contributed by atoms with van der Waals surface area (Å²) in [4.78, 5) is 6.92. The molecule has 0 bridgehead atoms. The van der Waals surface area contributed by atoms with Gasteiger partial charge in [-0.1, -0.05) is 69.4 Å². The smallest absolute Gasteiger partial charge is 0.0945 e. The Hall–Kier alpha value is -1.61. The quantitative estimate of drug-likeness (QED) is 0.718. The van der Waals surface area contributed by atoms with Crippen molar-refractivity contribution in [2.24, 2.45) is 13.0 Å². The zero-order chi connectivity index (χ0) is 16.8. The zero-order valence-electron chi connectivity index (χ0n) is 15.2. The van der Waals surface area contributed by atoms with Crippen LogP contribution in [0.1, 0.15) is 62.7 Å². The van der Waals surface area contributed by atoms with Crippen molar-refractivity contribution < 1.29 is 0 Å². The SMILES string of the molecule is CCN(Cc1cncn1C)C(CC1CCCCC1)c1ccccc1. The Kier molecular flexibility index (Phi) is 6.08. The zero-order valence-corrected chi connectivity index (χ0v) is 15.2. The molecule has 0 amide bonds. The van der Waals surface area contributed by atoms with Gasteiger partial charge < -0.3 is 4.57 Å². The predicted octanol–water partition coefficient (Wildman–Crippen LogP) is 4.95. The standard InChI is InChI=1S/C21H31N3/c1-3-24(16-20-15-22-17-23(20)2)21(19-12-8-5-9-13-19)14-18-10-6-4-7-11-18/h5,8-9,12-13,15,17-18,21H,3-4,6-7,10-11,14,16H2,1-2H3. The van der Waals surface area contributed by atoms with Crippen LogP contribution in [0, 0.1) is 5.92 Å². The molecule has 130 valence electrons. The average molecular weight is 325 g/mol. The van der Waals surface area contributed by atoms with Crippen molar-refractivity contribution in [3.8, 4) is 0 Å². The van der Waals surface area contributed by atoms with Crippen LogP contribution >= 0.6 is 0 Å².